The van der Waals surface area contributed by atoms with E-state index in [9.17, 15) is 5.11 Å². The maximum absolute atomic E-state index is 11.1. The molecule has 3 N–H and O–H groups in total. The van der Waals surface area contributed by atoms with Gasteiger partial charge in [0.15, 0.2) is 12.1 Å². The van der Waals surface area contributed by atoms with Crippen LogP contribution in [-0.2, 0) is 14.2 Å². The Labute approximate surface area is 207 Å². The van der Waals surface area contributed by atoms with Crippen molar-refractivity contribution < 1.29 is 19.3 Å². The van der Waals surface area contributed by atoms with Crippen molar-refractivity contribution >= 4 is 38.5 Å². The number of nitrogens with two attached hydrogens (primary N) is 1. The Morgan fingerprint density at radius 3 is 2.75 bits per heavy atom. The van der Waals surface area contributed by atoms with Crippen LogP contribution in [0.1, 0.15) is 29.6 Å². The smallest absolute Gasteiger partial charge is 0.184 e. The number of nitrogens with zero attached hydrogens (tertiary/aromatic N) is 3. The van der Waals surface area contributed by atoms with Gasteiger partial charge < -0.3 is 25.1 Å². The molecule has 2 saturated heterocycles. The van der Waals surface area contributed by atoms with Gasteiger partial charge in [-0.25, -0.2) is 9.67 Å². The summed E-state index contributed by atoms with van der Waals surface area (Å²) >= 11 is 5.76. The van der Waals surface area contributed by atoms with Crippen LogP contribution in [0.2, 0.25) is 0 Å². The molecule has 4 unspecified atom stereocenters. The van der Waals surface area contributed by atoms with Crippen molar-refractivity contribution in [1.29, 1.82) is 0 Å². The van der Waals surface area contributed by atoms with Gasteiger partial charge in [0.25, 0.3) is 0 Å². The first-order valence-electron chi connectivity index (χ1n) is 10.2. The molecule has 1 aromatic heterocycles. The van der Waals surface area contributed by atoms with Gasteiger partial charge in [-0.2, -0.15) is 5.10 Å². The molecular weight excluding hydrogens is 591 g/mol. The van der Waals surface area contributed by atoms with Crippen molar-refractivity contribution in [3.63, 3.8) is 0 Å². The maximum Gasteiger partial charge on any atom is 0.184 e. The zero-order valence-corrected chi connectivity index (χ0v) is 20.9. The van der Waals surface area contributed by atoms with Crippen molar-refractivity contribution in [2.75, 3.05) is 6.61 Å². The molecule has 0 aliphatic carbocycles. The second-order valence-corrected chi connectivity index (χ2v) is 9.94. The average Bonchev–Trinajstić information content (AvgIpc) is 3.19. The van der Waals surface area contributed by atoms with Crippen LogP contribution in [0, 0.1) is 10.5 Å². The second kappa shape index (κ2) is 9.09. The Hall–Kier alpha value is -1.41. The molecule has 0 bridgehead atoms. The van der Waals surface area contributed by atoms with Crippen LogP contribution in [0.25, 0.3) is 5.69 Å². The lowest BCUT2D eigenvalue weighted by molar-refractivity contribution is -0.309. The van der Waals surface area contributed by atoms with Crippen LogP contribution >= 0.6 is 38.5 Å². The number of aromatic nitrogens is 3. The predicted octanol–water partition coefficient (Wildman–Crippen LogP) is 3.19. The van der Waals surface area contributed by atoms with Crippen LogP contribution in [0.5, 0.6) is 0 Å². The summed E-state index contributed by atoms with van der Waals surface area (Å²) in [5.74, 6) is 1.06. The highest BCUT2D eigenvalue weighted by Gasteiger charge is 2.49. The number of aliphatic hydroxyl groups excluding tert-OH is 1. The molecule has 0 spiro atoms. The number of hydrogen-bond donors (Lipinski definition) is 2. The molecule has 3 heterocycles. The summed E-state index contributed by atoms with van der Waals surface area (Å²) in [5, 5.41) is 15.7. The summed E-state index contributed by atoms with van der Waals surface area (Å²) in [5.41, 5.74) is 8.21. The van der Waals surface area contributed by atoms with Gasteiger partial charge in [-0.05, 0) is 47.7 Å². The van der Waals surface area contributed by atoms with Crippen molar-refractivity contribution in [2.45, 2.75) is 43.7 Å². The van der Waals surface area contributed by atoms with E-state index in [-0.39, 0.29) is 0 Å². The first kappa shape index (κ1) is 22.4. The number of ether oxygens (including phenoxy) is 3. The van der Waals surface area contributed by atoms with E-state index >= 15 is 0 Å². The van der Waals surface area contributed by atoms with E-state index in [1.54, 1.807) is 11.6 Å². The van der Waals surface area contributed by atoms with Crippen molar-refractivity contribution in [3.8, 4) is 5.69 Å². The Morgan fingerprint density at radius 1 is 1.19 bits per heavy atom. The Morgan fingerprint density at radius 2 is 1.97 bits per heavy atom. The summed E-state index contributed by atoms with van der Waals surface area (Å²) in [6, 6.07) is 14.9. The molecule has 0 saturated carbocycles. The highest BCUT2D eigenvalue weighted by atomic mass is 127. The van der Waals surface area contributed by atoms with Gasteiger partial charge in [-0.1, -0.05) is 46.3 Å². The van der Waals surface area contributed by atoms with Gasteiger partial charge in [0.05, 0.1) is 18.3 Å². The minimum absolute atomic E-state index is 0.294. The van der Waals surface area contributed by atoms with Crippen LogP contribution < -0.4 is 5.73 Å². The molecule has 6 atom stereocenters. The molecule has 10 heteroatoms. The first-order chi connectivity index (χ1) is 15.4. The van der Waals surface area contributed by atoms with E-state index in [2.05, 4.69) is 48.6 Å². The van der Waals surface area contributed by atoms with E-state index in [1.165, 1.54) is 0 Å². The molecule has 32 heavy (non-hydrogen) atoms. The molecular formula is C22H22BrIN4O4. The lowest BCUT2D eigenvalue weighted by atomic mass is 9.92. The van der Waals surface area contributed by atoms with Gasteiger partial charge >= 0.3 is 0 Å². The summed E-state index contributed by atoms with van der Waals surface area (Å²) in [7, 11) is 0. The standard InChI is InChI=1S/C22H22BrIN4O4/c1-11-26-21(28(27-11)15-9-13(23)7-8-14(15)24)20-18(29)17(25)19-16(31-20)10-30-22(32-19)12-5-3-2-4-6-12/h2-9,16-20,22,29H,10,25H2,1H3/t16?,17?,18?,19-,20+,22?/m0/s1. The third-order valence-electron chi connectivity index (χ3n) is 5.66. The minimum Gasteiger partial charge on any atom is -0.388 e. The molecule has 2 aliphatic heterocycles. The van der Waals surface area contributed by atoms with E-state index in [0.717, 1.165) is 19.3 Å². The highest BCUT2D eigenvalue weighted by molar-refractivity contribution is 14.1. The third kappa shape index (κ3) is 4.13. The monoisotopic (exact) mass is 612 g/mol. The van der Waals surface area contributed by atoms with Crippen LogP contribution in [0.15, 0.2) is 53.0 Å². The fourth-order valence-electron chi connectivity index (χ4n) is 4.11. The topological polar surface area (TPSA) is 105 Å². The van der Waals surface area contributed by atoms with E-state index < -0.39 is 36.7 Å². The number of aryl methyl sites for hydroxylation is 1. The van der Waals surface area contributed by atoms with Crippen molar-refractivity contribution in [3.05, 3.63) is 73.8 Å². The van der Waals surface area contributed by atoms with E-state index in [4.69, 9.17) is 19.9 Å². The number of hydrogen-bond acceptors (Lipinski definition) is 7. The number of fused-ring (bicyclic) bond motifs is 1. The lowest BCUT2D eigenvalue weighted by Gasteiger charge is -2.46. The van der Waals surface area contributed by atoms with Crippen molar-refractivity contribution in [1.82, 2.24) is 14.8 Å². The summed E-state index contributed by atoms with van der Waals surface area (Å²) in [4.78, 5) is 4.58. The summed E-state index contributed by atoms with van der Waals surface area (Å²) < 4.78 is 21.9. The molecule has 2 fully saturated rings. The fourth-order valence-corrected chi connectivity index (χ4v) is 5.02. The normalized spacial score (nSPS) is 30.2. The van der Waals surface area contributed by atoms with Gasteiger partial charge in [0, 0.05) is 13.6 Å². The molecule has 0 radical (unpaired) electrons. The number of benzene rings is 2. The molecule has 8 nitrogen and oxygen atoms in total. The van der Waals surface area contributed by atoms with Gasteiger partial charge in [0.2, 0.25) is 0 Å². The van der Waals surface area contributed by atoms with Crippen molar-refractivity contribution in [2.24, 2.45) is 5.73 Å². The zero-order valence-electron chi connectivity index (χ0n) is 17.1. The molecule has 2 aliphatic rings. The van der Waals surface area contributed by atoms with E-state index in [0.29, 0.717) is 18.3 Å². The summed E-state index contributed by atoms with van der Waals surface area (Å²) in [6.45, 7) is 2.10. The van der Waals surface area contributed by atoms with Gasteiger partial charge in [0.1, 0.15) is 30.2 Å². The molecule has 168 valence electrons. The molecule has 2 aromatic carbocycles. The second-order valence-electron chi connectivity index (χ2n) is 7.86. The average molecular weight is 613 g/mol. The quantitative estimate of drug-likeness (QED) is 0.438. The highest BCUT2D eigenvalue weighted by Crippen LogP contribution is 2.38. The number of aliphatic hydroxyl groups is 1. The maximum atomic E-state index is 11.1. The minimum atomic E-state index is -1.03. The fraction of sp³-hybridized carbons (Fsp3) is 0.364. The predicted molar refractivity (Wildman–Crippen MR) is 128 cm³/mol. The van der Waals surface area contributed by atoms with Crippen LogP contribution in [-0.4, -0.2) is 50.8 Å². The largest absolute Gasteiger partial charge is 0.388 e. The van der Waals surface area contributed by atoms with Gasteiger partial charge in [-0.3, -0.25) is 0 Å². The number of halogens is 2. The summed E-state index contributed by atoms with van der Waals surface area (Å²) in [6.07, 6.45) is -3.31. The molecule has 0 amide bonds. The Balaban J connectivity index is 1.44. The third-order valence-corrected chi connectivity index (χ3v) is 7.07. The molecule has 3 aromatic rings. The lowest BCUT2D eigenvalue weighted by Crippen LogP contribution is -2.62. The van der Waals surface area contributed by atoms with Crippen LogP contribution in [0.3, 0.4) is 0 Å². The number of rotatable bonds is 3. The first-order valence-corrected chi connectivity index (χ1v) is 12.1. The van der Waals surface area contributed by atoms with E-state index in [1.807, 2.05) is 48.5 Å². The van der Waals surface area contributed by atoms with Gasteiger partial charge in [-0.15, -0.1) is 0 Å². The Kier molecular flexibility index (Phi) is 6.36. The zero-order chi connectivity index (χ0) is 22.4. The van der Waals surface area contributed by atoms with Crippen LogP contribution in [0.4, 0.5) is 0 Å². The molecule has 5 rings (SSSR count). The Bertz CT molecular complexity index is 1110. The SMILES string of the molecule is Cc1nc([C@@H]2OC3COC(c4ccccc4)O[C@@H]3C(N)C2O)n(-c2cc(Br)ccc2I)n1.